The van der Waals surface area contributed by atoms with Gasteiger partial charge in [-0.3, -0.25) is 4.84 Å². The molecule has 0 aromatic rings. The predicted octanol–water partition coefficient (Wildman–Crippen LogP) is -1.26. The molecule has 13 heavy (non-hydrogen) atoms. The summed E-state index contributed by atoms with van der Waals surface area (Å²) >= 11 is 0. The normalized spacial score (nSPS) is 51.2. The summed E-state index contributed by atoms with van der Waals surface area (Å²) < 4.78 is 5.54. The lowest BCUT2D eigenvalue weighted by atomic mass is 9.93. The molecule has 0 saturated carbocycles. The van der Waals surface area contributed by atoms with Gasteiger partial charge in [0.05, 0.1) is 18.8 Å². The smallest absolute Gasteiger partial charge is 0.144 e. The molecule has 0 aromatic heterocycles. The first-order valence-corrected chi connectivity index (χ1v) is 4.43. The fraction of sp³-hybridized carbons (Fsp3) is 1.00. The quantitative estimate of drug-likeness (QED) is 0.539. The van der Waals surface area contributed by atoms with Crippen molar-refractivity contribution in [3.05, 3.63) is 0 Å². The highest BCUT2D eigenvalue weighted by Gasteiger charge is 2.58. The molecule has 2 aliphatic heterocycles. The van der Waals surface area contributed by atoms with E-state index in [9.17, 15) is 5.11 Å². The van der Waals surface area contributed by atoms with Gasteiger partial charge in [0.2, 0.25) is 0 Å². The van der Waals surface area contributed by atoms with Crippen molar-refractivity contribution < 1.29 is 19.8 Å². The molecule has 1 unspecified atom stereocenters. The van der Waals surface area contributed by atoms with Crippen LogP contribution in [0.1, 0.15) is 6.92 Å². The molecule has 2 N–H and O–H groups in total. The Morgan fingerprint density at radius 1 is 1.62 bits per heavy atom. The number of aliphatic hydroxyl groups is 2. The Labute approximate surface area is 76.8 Å². The van der Waals surface area contributed by atoms with Crippen molar-refractivity contribution >= 4 is 0 Å². The van der Waals surface area contributed by atoms with E-state index in [2.05, 4.69) is 0 Å². The number of ether oxygens (including phenoxy) is 1. The lowest BCUT2D eigenvalue weighted by Crippen LogP contribution is -2.59. The highest BCUT2D eigenvalue weighted by molar-refractivity contribution is 5.05. The number of nitrogens with zero attached hydrogens (tertiary/aromatic N) is 1. The molecular weight excluding hydrogens is 174 g/mol. The number of hydroxylamine groups is 2. The summed E-state index contributed by atoms with van der Waals surface area (Å²) in [4.78, 5) is 5.29. The van der Waals surface area contributed by atoms with Crippen molar-refractivity contribution in [3.8, 4) is 0 Å². The van der Waals surface area contributed by atoms with Crippen LogP contribution in [0.2, 0.25) is 0 Å². The summed E-state index contributed by atoms with van der Waals surface area (Å²) in [5, 5.41) is 20.7. The Morgan fingerprint density at radius 2 is 2.31 bits per heavy atom. The van der Waals surface area contributed by atoms with Gasteiger partial charge in [-0.05, 0) is 6.92 Å². The van der Waals surface area contributed by atoms with Gasteiger partial charge in [-0.25, -0.2) is 0 Å². The highest BCUT2D eigenvalue weighted by Crippen LogP contribution is 2.37. The van der Waals surface area contributed by atoms with Crippen LogP contribution >= 0.6 is 0 Å². The molecule has 2 rings (SSSR count). The molecule has 2 fully saturated rings. The van der Waals surface area contributed by atoms with Crippen LogP contribution in [0.25, 0.3) is 0 Å². The van der Waals surface area contributed by atoms with E-state index in [4.69, 9.17) is 14.7 Å². The van der Waals surface area contributed by atoms with E-state index in [-0.39, 0.29) is 25.4 Å². The van der Waals surface area contributed by atoms with Gasteiger partial charge in [-0.1, -0.05) is 0 Å². The van der Waals surface area contributed by atoms with Crippen LogP contribution in [0.15, 0.2) is 0 Å². The number of hydrogen-bond donors (Lipinski definition) is 2. The summed E-state index contributed by atoms with van der Waals surface area (Å²) in [5.74, 6) is 0. The largest absolute Gasteiger partial charge is 0.393 e. The number of hydrogen-bond acceptors (Lipinski definition) is 5. The fourth-order valence-corrected chi connectivity index (χ4v) is 2.17. The van der Waals surface area contributed by atoms with E-state index >= 15 is 0 Å². The van der Waals surface area contributed by atoms with E-state index in [1.807, 2.05) is 6.92 Å². The predicted molar refractivity (Wildman–Crippen MR) is 43.9 cm³/mol. The number of fused-ring (bicyclic) bond motifs is 2. The molecular formula is C8H15NO4. The van der Waals surface area contributed by atoms with Crippen LogP contribution in [0.5, 0.6) is 0 Å². The van der Waals surface area contributed by atoms with Crippen molar-refractivity contribution in [1.82, 2.24) is 5.06 Å². The topological polar surface area (TPSA) is 62.2 Å². The van der Waals surface area contributed by atoms with Gasteiger partial charge in [0.1, 0.15) is 18.3 Å². The summed E-state index contributed by atoms with van der Waals surface area (Å²) in [6, 6.07) is -0.180. The van der Waals surface area contributed by atoms with Crippen LogP contribution in [0, 0.1) is 0 Å². The summed E-state index contributed by atoms with van der Waals surface area (Å²) in [7, 11) is 1.76. The minimum absolute atomic E-state index is 0.116. The molecule has 0 aliphatic carbocycles. The minimum Gasteiger partial charge on any atom is -0.393 e. The molecule has 5 heteroatoms. The third-order valence-corrected chi connectivity index (χ3v) is 2.96. The highest BCUT2D eigenvalue weighted by atomic mass is 16.7. The van der Waals surface area contributed by atoms with Crippen LogP contribution in [0.4, 0.5) is 0 Å². The van der Waals surface area contributed by atoms with Crippen molar-refractivity contribution in [2.24, 2.45) is 0 Å². The summed E-state index contributed by atoms with van der Waals surface area (Å²) in [5.41, 5.74) is -0.906. The van der Waals surface area contributed by atoms with Crippen molar-refractivity contribution in [1.29, 1.82) is 0 Å². The van der Waals surface area contributed by atoms with Crippen LogP contribution in [-0.4, -0.2) is 59.4 Å². The van der Waals surface area contributed by atoms with E-state index in [1.165, 1.54) is 0 Å². The zero-order chi connectivity index (χ0) is 9.64. The van der Waals surface area contributed by atoms with Gasteiger partial charge in [0.25, 0.3) is 0 Å². The SMILES string of the molecule is C[C@@H]1O[C@@]2(CO)CON(C)[C@H]1C2O. The van der Waals surface area contributed by atoms with Gasteiger partial charge < -0.3 is 14.9 Å². The van der Waals surface area contributed by atoms with Gasteiger partial charge >= 0.3 is 0 Å². The first-order valence-electron chi connectivity index (χ1n) is 4.43. The lowest BCUT2D eigenvalue weighted by molar-refractivity contribution is -0.255. The molecule has 2 aliphatic rings. The maximum atomic E-state index is 9.89. The molecule has 0 radical (unpaired) electrons. The third kappa shape index (κ3) is 1.12. The van der Waals surface area contributed by atoms with Gasteiger partial charge in [-0.2, -0.15) is 5.06 Å². The van der Waals surface area contributed by atoms with Gasteiger partial charge in [-0.15, -0.1) is 0 Å². The van der Waals surface area contributed by atoms with E-state index < -0.39 is 11.7 Å². The summed E-state index contributed by atoms with van der Waals surface area (Å²) in [6.07, 6.45) is -0.791. The summed E-state index contributed by atoms with van der Waals surface area (Å²) in [6.45, 7) is 1.88. The van der Waals surface area contributed by atoms with E-state index in [0.717, 1.165) is 0 Å². The maximum absolute atomic E-state index is 9.89. The fourth-order valence-electron chi connectivity index (χ4n) is 2.17. The molecule has 5 nitrogen and oxygen atoms in total. The second kappa shape index (κ2) is 2.90. The average Bonchev–Trinajstić information content (AvgIpc) is 2.25. The zero-order valence-corrected chi connectivity index (χ0v) is 7.80. The number of aliphatic hydroxyl groups excluding tert-OH is 2. The van der Waals surface area contributed by atoms with Crippen LogP contribution < -0.4 is 0 Å². The second-order valence-electron chi connectivity index (χ2n) is 3.80. The second-order valence-corrected chi connectivity index (χ2v) is 3.80. The van der Waals surface area contributed by atoms with E-state index in [0.29, 0.717) is 0 Å². The standard InChI is InChI=1S/C8H15NO4/c1-5-6-7(11)8(3-10,13-5)4-12-9(6)2/h5-7,10-11H,3-4H2,1-2H3/t5-,6+,7?,8-/m0/s1. The van der Waals surface area contributed by atoms with Crippen LogP contribution in [0.3, 0.4) is 0 Å². The molecule has 0 spiro atoms. The first kappa shape index (κ1) is 9.36. The average molecular weight is 189 g/mol. The molecule has 2 heterocycles. The minimum atomic E-state index is -0.906. The van der Waals surface area contributed by atoms with Crippen LogP contribution in [-0.2, 0) is 9.57 Å². The molecule has 2 bridgehead atoms. The Morgan fingerprint density at radius 3 is 2.92 bits per heavy atom. The Balaban J connectivity index is 2.27. The monoisotopic (exact) mass is 189 g/mol. The first-order chi connectivity index (χ1) is 6.10. The molecule has 76 valence electrons. The Kier molecular flexibility index (Phi) is 2.08. The maximum Gasteiger partial charge on any atom is 0.144 e. The number of likely N-dealkylation sites (N-methyl/N-ethyl adjacent to an activating group) is 1. The van der Waals surface area contributed by atoms with Crippen molar-refractivity contribution in [2.75, 3.05) is 20.3 Å². The molecule has 2 saturated heterocycles. The lowest BCUT2D eigenvalue weighted by Gasteiger charge is -2.38. The Bertz CT molecular complexity index is 212. The van der Waals surface area contributed by atoms with Crippen molar-refractivity contribution in [2.45, 2.75) is 30.8 Å². The van der Waals surface area contributed by atoms with Crippen molar-refractivity contribution in [3.63, 3.8) is 0 Å². The number of rotatable bonds is 1. The van der Waals surface area contributed by atoms with E-state index in [1.54, 1.807) is 12.1 Å². The molecule has 4 atom stereocenters. The zero-order valence-electron chi connectivity index (χ0n) is 7.80. The third-order valence-electron chi connectivity index (χ3n) is 2.96. The molecule has 0 amide bonds. The van der Waals surface area contributed by atoms with Gasteiger partial charge in [0.15, 0.2) is 0 Å². The Hall–Kier alpha value is -0.200. The van der Waals surface area contributed by atoms with Gasteiger partial charge in [0, 0.05) is 7.05 Å². The molecule has 0 aromatic carbocycles.